The van der Waals surface area contributed by atoms with E-state index in [0.29, 0.717) is 5.15 Å². The number of nitrogens with zero attached hydrogens (tertiary/aromatic N) is 2. The van der Waals surface area contributed by atoms with Gasteiger partial charge in [0.15, 0.2) is 5.15 Å². The van der Waals surface area contributed by atoms with E-state index in [2.05, 4.69) is 27.6 Å². The Bertz CT molecular complexity index is 209. The fourth-order valence-electron chi connectivity index (χ4n) is 0.544. The molecule has 0 bridgehead atoms. The number of rotatable bonds is 0. The minimum Gasteiger partial charge on any atom is -0.326 e. The summed E-state index contributed by atoms with van der Waals surface area (Å²) in [6.45, 7) is 1.92. The van der Waals surface area contributed by atoms with Gasteiger partial charge in [0.05, 0.1) is 0 Å². The van der Waals surface area contributed by atoms with Gasteiger partial charge in [0.1, 0.15) is 9.53 Å². The summed E-state index contributed by atoms with van der Waals surface area (Å²) in [5.41, 5.74) is 0. The molecule has 1 aromatic heterocycles. The number of halogens is 2. The summed E-state index contributed by atoms with van der Waals surface area (Å²) < 4.78 is 2.94. The Kier molecular flexibility index (Phi) is 2.00. The third-order valence-electron chi connectivity index (χ3n) is 1.21. The summed E-state index contributed by atoms with van der Waals surface area (Å²) in [5.74, 6) is 0.949. The Labute approximate surface area is 72.4 Å². The first kappa shape index (κ1) is 7.34. The first-order chi connectivity index (χ1) is 4.13. The summed E-state index contributed by atoms with van der Waals surface area (Å²) in [7, 11) is 1.94. The first-order valence-electron chi connectivity index (χ1n) is 2.47. The fraction of sp³-hybridized carbons (Fsp3) is 0.400. The van der Waals surface area contributed by atoms with Crippen molar-refractivity contribution in [3.05, 3.63) is 14.7 Å². The van der Waals surface area contributed by atoms with E-state index < -0.39 is 0 Å². The Balaban J connectivity index is 3.29. The molecule has 2 nitrogen and oxygen atoms in total. The van der Waals surface area contributed by atoms with Crippen LogP contribution in [-0.4, -0.2) is 9.55 Å². The van der Waals surface area contributed by atoms with Gasteiger partial charge in [0.2, 0.25) is 0 Å². The summed E-state index contributed by atoms with van der Waals surface area (Å²) in [4.78, 5) is 4.03. The topological polar surface area (TPSA) is 17.8 Å². The third-order valence-corrected chi connectivity index (χ3v) is 3.03. The molecule has 1 heterocycles. The molecule has 0 saturated carbocycles. The predicted molar refractivity (Wildman–Crippen MR) is 45.7 cm³/mol. The highest BCUT2D eigenvalue weighted by molar-refractivity contribution is 14.1. The zero-order chi connectivity index (χ0) is 7.02. The number of aryl methyl sites for hydroxylation is 1. The van der Waals surface area contributed by atoms with Crippen LogP contribution >= 0.6 is 34.2 Å². The lowest BCUT2D eigenvalue weighted by atomic mass is 10.7. The van der Waals surface area contributed by atoms with Crippen molar-refractivity contribution in [2.24, 2.45) is 7.05 Å². The lowest BCUT2D eigenvalue weighted by molar-refractivity contribution is 0.838. The largest absolute Gasteiger partial charge is 0.326 e. The molecule has 0 spiro atoms. The number of hydrogen-bond acceptors (Lipinski definition) is 1. The van der Waals surface area contributed by atoms with E-state index in [1.54, 1.807) is 0 Å². The smallest absolute Gasteiger partial charge is 0.161 e. The van der Waals surface area contributed by atoms with Gasteiger partial charge in [-0.1, -0.05) is 11.6 Å². The lowest BCUT2D eigenvalue weighted by Crippen LogP contribution is -1.92. The van der Waals surface area contributed by atoms with Crippen LogP contribution in [-0.2, 0) is 7.05 Å². The molecule has 0 aliphatic rings. The van der Waals surface area contributed by atoms with Gasteiger partial charge in [-0.15, -0.1) is 0 Å². The van der Waals surface area contributed by atoms with Crippen molar-refractivity contribution in [3.8, 4) is 0 Å². The monoisotopic (exact) mass is 256 g/mol. The molecule has 0 aromatic carbocycles. The molecule has 0 radical (unpaired) electrons. The maximum Gasteiger partial charge on any atom is 0.161 e. The molecule has 0 unspecified atom stereocenters. The van der Waals surface area contributed by atoms with Gasteiger partial charge < -0.3 is 4.57 Å². The minimum absolute atomic E-state index is 0.593. The van der Waals surface area contributed by atoms with Crippen LogP contribution in [0.5, 0.6) is 0 Å². The Morgan fingerprint density at radius 1 is 1.67 bits per heavy atom. The van der Waals surface area contributed by atoms with Crippen molar-refractivity contribution in [1.29, 1.82) is 0 Å². The van der Waals surface area contributed by atoms with Gasteiger partial charge in [-0.2, -0.15) is 0 Å². The molecule has 0 aliphatic heterocycles. The predicted octanol–water partition coefficient (Wildman–Crippen LogP) is 1.99. The molecule has 1 aromatic rings. The molecule has 50 valence electrons. The van der Waals surface area contributed by atoms with Gasteiger partial charge in [-0.05, 0) is 29.5 Å². The van der Waals surface area contributed by atoms with Gasteiger partial charge in [-0.25, -0.2) is 4.98 Å². The van der Waals surface area contributed by atoms with Gasteiger partial charge in [-0.3, -0.25) is 0 Å². The molecular weight excluding hydrogens is 250 g/mol. The van der Waals surface area contributed by atoms with E-state index in [4.69, 9.17) is 11.6 Å². The van der Waals surface area contributed by atoms with Crippen molar-refractivity contribution in [2.45, 2.75) is 6.92 Å². The highest BCUT2D eigenvalue weighted by Crippen LogP contribution is 2.16. The van der Waals surface area contributed by atoms with Crippen LogP contribution in [0.3, 0.4) is 0 Å². The number of imidazole rings is 1. The lowest BCUT2D eigenvalue weighted by Gasteiger charge is -1.92. The van der Waals surface area contributed by atoms with Crippen LogP contribution < -0.4 is 0 Å². The molecule has 0 atom stereocenters. The van der Waals surface area contributed by atoms with Crippen LogP contribution in [0.1, 0.15) is 5.82 Å². The van der Waals surface area contributed by atoms with E-state index in [9.17, 15) is 0 Å². The average Bonchev–Trinajstić information content (AvgIpc) is 1.98. The highest BCUT2D eigenvalue weighted by atomic mass is 127. The summed E-state index contributed by atoms with van der Waals surface area (Å²) in [6, 6.07) is 0. The SMILES string of the molecule is Cc1nc(Cl)c(I)n1C. The van der Waals surface area contributed by atoms with Crippen molar-refractivity contribution in [1.82, 2.24) is 9.55 Å². The maximum atomic E-state index is 5.70. The molecule has 0 aliphatic carbocycles. The van der Waals surface area contributed by atoms with E-state index in [1.165, 1.54) is 0 Å². The van der Waals surface area contributed by atoms with Crippen molar-refractivity contribution >= 4 is 34.2 Å². The zero-order valence-electron chi connectivity index (χ0n) is 5.15. The first-order valence-corrected chi connectivity index (χ1v) is 3.93. The van der Waals surface area contributed by atoms with E-state index in [0.717, 1.165) is 9.53 Å². The molecule has 4 heteroatoms. The summed E-state index contributed by atoms with van der Waals surface area (Å²) in [6.07, 6.45) is 0. The summed E-state index contributed by atoms with van der Waals surface area (Å²) in [5, 5.41) is 0.593. The fourth-order valence-corrected chi connectivity index (χ4v) is 1.26. The number of hydrogen-bond donors (Lipinski definition) is 0. The van der Waals surface area contributed by atoms with Crippen LogP contribution in [0.2, 0.25) is 5.15 Å². The quantitative estimate of drug-likeness (QED) is 0.649. The van der Waals surface area contributed by atoms with E-state index >= 15 is 0 Å². The van der Waals surface area contributed by atoms with Gasteiger partial charge in [0, 0.05) is 7.05 Å². The van der Waals surface area contributed by atoms with Crippen LogP contribution in [0, 0.1) is 10.6 Å². The third kappa shape index (κ3) is 1.21. The molecule has 0 saturated heterocycles. The highest BCUT2D eigenvalue weighted by Gasteiger charge is 2.04. The minimum atomic E-state index is 0.593. The van der Waals surface area contributed by atoms with Crippen LogP contribution in [0.4, 0.5) is 0 Å². The normalized spacial score (nSPS) is 10.2. The molecule has 0 N–H and O–H groups in total. The zero-order valence-corrected chi connectivity index (χ0v) is 8.06. The Morgan fingerprint density at radius 2 is 2.22 bits per heavy atom. The Hall–Kier alpha value is 0.230. The molecular formula is C5H6ClIN2. The van der Waals surface area contributed by atoms with Crippen LogP contribution in [0.15, 0.2) is 0 Å². The maximum absolute atomic E-state index is 5.70. The average molecular weight is 256 g/mol. The van der Waals surface area contributed by atoms with Crippen molar-refractivity contribution in [3.63, 3.8) is 0 Å². The van der Waals surface area contributed by atoms with Gasteiger partial charge in [0.25, 0.3) is 0 Å². The van der Waals surface area contributed by atoms with Crippen molar-refractivity contribution < 1.29 is 0 Å². The van der Waals surface area contributed by atoms with Crippen LogP contribution in [0.25, 0.3) is 0 Å². The number of aromatic nitrogens is 2. The standard InChI is InChI=1S/C5H6ClIN2/c1-3-8-4(6)5(7)9(3)2/h1-2H3. The molecule has 1 rings (SSSR count). The second-order valence-electron chi connectivity index (χ2n) is 1.80. The molecule has 0 amide bonds. The Morgan fingerprint density at radius 3 is 2.33 bits per heavy atom. The van der Waals surface area contributed by atoms with Crippen molar-refractivity contribution in [2.75, 3.05) is 0 Å². The van der Waals surface area contributed by atoms with Gasteiger partial charge >= 0.3 is 0 Å². The second-order valence-corrected chi connectivity index (χ2v) is 3.18. The van der Waals surface area contributed by atoms with E-state index in [1.807, 2.05) is 18.5 Å². The summed E-state index contributed by atoms with van der Waals surface area (Å²) >= 11 is 7.85. The molecule has 9 heavy (non-hydrogen) atoms. The van der Waals surface area contributed by atoms with E-state index in [-0.39, 0.29) is 0 Å². The molecule has 0 fully saturated rings. The second kappa shape index (κ2) is 2.46.